The highest BCUT2D eigenvalue weighted by Crippen LogP contribution is 2.21. The van der Waals surface area contributed by atoms with E-state index in [0.717, 1.165) is 16.9 Å². The number of rotatable bonds is 8. The first-order valence-electron chi connectivity index (χ1n) is 8.75. The number of hydrogen-bond donors (Lipinski definition) is 2. The van der Waals surface area contributed by atoms with Crippen molar-refractivity contribution in [3.63, 3.8) is 0 Å². The molecule has 3 rings (SSSR count). The lowest BCUT2D eigenvalue weighted by molar-refractivity contribution is 0.102. The lowest BCUT2D eigenvalue weighted by atomic mass is 10.1. The highest BCUT2D eigenvalue weighted by atomic mass is 32.2. The van der Waals surface area contributed by atoms with Crippen LogP contribution in [0.3, 0.4) is 0 Å². The van der Waals surface area contributed by atoms with Gasteiger partial charge < -0.3 is 4.74 Å². The maximum Gasteiger partial charge on any atom is 0.270 e. The molecule has 2 N–H and O–H groups in total. The van der Waals surface area contributed by atoms with E-state index in [-0.39, 0.29) is 22.0 Å². The lowest BCUT2D eigenvalue weighted by Gasteiger charge is -2.13. The van der Waals surface area contributed by atoms with Gasteiger partial charge in [0, 0.05) is 5.56 Å². The van der Waals surface area contributed by atoms with E-state index in [4.69, 9.17) is 4.74 Å². The van der Waals surface area contributed by atoms with E-state index in [1.165, 1.54) is 0 Å². The second-order valence-corrected chi connectivity index (χ2v) is 9.20. The molecule has 0 spiro atoms. The molecule has 1 aromatic heterocycles. The Labute approximate surface area is 173 Å². The predicted molar refractivity (Wildman–Crippen MR) is 111 cm³/mol. The van der Waals surface area contributed by atoms with Crippen LogP contribution in [-0.4, -0.2) is 37.2 Å². The fourth-order valence-corrected chi connectivity index (χ4v) is 4.47. The third-order valence-electron chi connectivity index (χ3n) is 3.77. The Kier molecular flexibility index (Phi) is 6.57. The zero-order valence-corrected chi connectivity index (χ0v) is 17.5. The van der Waals surface area contributed by atoms with Gasteiger partial charge in [0.05, 0.1) is 6.04 Å². The third-order valence-corrected chi connectivity index (χ3v) is 6.57. The Morgan fingerprint density at radius 1 is 1.10 bits per heavy atom. The van der Waals surface area contributed by atoms with Crippen LogP contribution < -0.4 is 14.8 Å². The Bertz CT molecular complexity index is 1070. The molecule has 0 saturated carbocycles. The summed E-state index contributed by atoms with van der Waals surface area (Å²) >= 11 is 0.777. The second kappa shape index (κ2) is 9.12. The average Bonchev–Trinajstić information content (AvgIpc) is 3.17. The Hall–Kier alpha value is -2.82. The quantitative estimate of drug-likeness (QED) is 0.530. The van der Waals surface area contributed by atoms with Crippen molar-refractivity contribution in [2.45, 2.75) is 24.2 Å². The number of sulfonamides is 1. The topological polar surface area (TPSA) is 110 Å². The van der Waals surface area contributed by atoms with Crippen LogP contribution in [0.1, 0.15) is 22.8 Å². The maximum atomic E-state index is 12.5. The minimum Gasteiger partial charge on any atom is -0.492 e. The zero-order chi connectivity index (χ0) is 20.9. The molecular weight excluding hydrogens is 412 g/mol. The number of ether oxygens (including phenoxy) is 1. The van der Waals surface area contributed by atoms with E-state index in [2.05, 4.69) is 20.2 Å². The molecule has 10 heteroatoms. The maximum absolute atomic E-state index is 12.5. The number of aromatic nitrogens is 2. The van der Waals surface area contributed by atoms with Crippen LogP contribution in [0, 0.1) is 6.92 Å². The summed E-state index contributed by atoms with van der Waals surface area (Å²) in [6.07, 6.45) is 0. The fourth-order valence-electron chi connectivity index (χ4n) is 2.33. The van der Waals surface area contributed by atoms with E-state index in [1.54, 1.807) is 31.2 Å². The molecule has 0 bridgehead atoms. The average molecular weight is 433 g/mol. The van der Waals surface area contributed by atoms with E-state index in [1.807, 2.05) is 37.3 Å². The van der Waals surface area contributed by atoms with Gasteiger partial charge in [-0.15, -0.1) is 10.2 Å². The SMILES string of the molecule is Cc1ccc(C(=O)Nc2nnc(S(=O)(=O)NC(C)COc3ccccc3)s2)cc1. The minimum atomic E-state index is -3.89. The van der Waals surface area contributed by atoms with Gasteiger partial charge in [-0.3, -0.25) is 10.1 Å². The molecule has 0 fully saturated rings. The molecule has 0 saturated heterocycles. The molecule has 152 valence electrons. The molecule has 0 aliphatic heterocycles. The molecule has 29 heavy (non-hydrogen) atoms. The monoisotopic (exact) mass is 432 g/mol. The molecule has 2 aromatic carbocycles. The van der Waals surface area contributed by atoms with Crippen molar-refractivity contribution in [2.24, 2.45) is 0 Å². The Morgan fingerprint density at radius 2 is 1.79 bits per heavy atom. The first-order chi connectivity index (χ1) is 13.8. The molecule has 1 heterocycles. The highest BCUT2D eigenvalue weighted by molar-refractivity contribution is 7.91. The van der Waals surface area contributed by atoms with Gasteiger partial charge in [-0.1, -0.05) is 47.2 Å². The third kappa shape index (κ3) is 5.83. The highest BCUT2D eigenvalue weighted by Gasteiger charge is 2.23. The summed E-state index contributed by atoms with van der Waals surface area (Å²) in [7, 11) is -3.89. The number of nitrogens with zero attached hydrogens (tertiary/aromatic N) is 2. The van der Waals surface area contributed by atoms with Gasteiger partial charge in [0.1, 0.15) is 12.4 Å². The smallest absolute Gasteiger partial charge is 0.270 e. The summed E-state index contributed by atoms with van der Waals surface area (Å²) in [5.41, 5.74) is 1.47. The second-order valence-electron chi connectivity index (χ2n) is 6.34. The van der Waals surface area contributed by atoms with Gasteiger partial charge in [-0.2, -0.15) is 0 Å². The molecule has 0 radical (unpaired) electrons. The van der Waals surface area contributed by atoms with Crippen molar-refractivity contribution in [1.82, 2.24) is 14.9 Å². The van der Waals surface area contributed by atoms with E-state index >= 15 is 0 Å². The first kappa shape index (κ1) is 20.9. The zero-order valence-electron chi connectivity index (χ0n) is 15.8. The van der Waals surface area contributed by atoms with Crippen molar-refractivity contribution >= 4 is 32.4 Å². The molecule has 0 aliphatic carbocycles. The largest absolute Gasteiger partial charge is 0.492 e. The molecule has 8 nitrogen and oxygen atoms in total. The summed E-state index contributed by atoms with van der Waals surface area (Å²) in [6, 6.07) is 15.6. The number of carbonyl (C=O) groups excluding carboxylic acids is 1. The number of para-hydroxylation sites is 1. The number of hydrogen-bond acceptors (Lipinski definition) is 7. The summed E-state index contributed by atoms with van der Waals surface area (Å²) in [4.78, 5) is 12.2. The Morgan fingerprint density at radius 3 is 2.48 bits per heavy atom. The summed E-state index contributed by atoms with van der Waals surface area (Å²) in [5.74, 6) is 0.262. The number of aryl methyl sites for hydroxylation is 1. The number of amides is 1. The molecular formula is C19H20N4O4S2. The Balaban J connectivity index is 1.59. The van der Waals surface area contributed by atoms with Gasteiger partial charge in [-0.25, -0.2) is 13.1 Å². The van der Waals surface area contributed by atoms with Gasteiger partial charge in [0.15, 0.2) is 0 Å². The van der Waals surface area contributed by atoms with Crippen LogP contribution in [0.2, 0.25) is 0 Å². The van der Waals surface area contributed by atoms with E-state index < -0.39 is 16.1 Å². The van der Waals surface area contributed by atoms with Crippen LogP contribution in [0.4, 0.5) is 5.13 Å². The first-order valence-corrected chi connectivity index (χ1v) is 11.0. The van der Waals surface area contributed by atoms with Crippen molar-refractivity contribution in [1.29, 1.82) is 0 Å². The van der Waals surface area contributed by atoms with Gasteiger partial charge >= 0.3 is 0 Å². The molecule has 1 unspecified atom stereocenters. The minimum absolute atomic E-state index is 0.101. The number of nitrogens with one attached hydrogen (secondary N) is 2. The van der Waals surface area contributed by atoms with Crippen LogP contribution >= 0.6 is 11.3 Å². The standard InChI is InChI=1S/C19H20N4O4S2/c1-13-8-10-15(11-9-13)17(24)20-18-21-22-19(28-18)29(25,26)23-14(2)12-27-16-6-4-3-5-7-16/h3-11,14,23H,12H2,1-2H3,(H,20,21,24). The van der Waals surface area contributed by atoms with Crippen molar-refractivity contribution in [3.8, 4) is 5.75 Å². The molecule has 0 aliphatic rings. The molecule has 1 amide bonds. The van der Waals surface area contributed by atoms with Crippen molar-refractivity contribution < 1.29 is 17.9 Å². The van der Waals surface area contributed by atoms with Crippen LogP contribution in [0.25, 0.3) is 0 Å². The number of anilines is 1. The molecule has 3 aromatic rings. The summed E-state index contributed by atoms with van der Waals surface area (Å²) < 4.78 is 32.8. The van der Waals surface area contributed by atoms with Crippen molar-refractivity contribution in [3.05, 3.63) is 65.7 Å². The van der Waals surface area contributed by atoms with Crippen LogP contribution in [0.15, 0.2) is 58.9 Å². The lowest BCUT2D eigenvalue weighted by Crippen LogP contribution is -2.36. The van der Waals surface area contributed by atoms with E-state index in [0.29, 0.717) is 11.3 Å². The number of carbonyl (C=O) groups is 1. The van der Waals surface area contributed by atoms with Gasteiger partial charge in [0.2, 0.25) is 9.47 Å². The molecule has 1 atom stereocenters. The van der Waals surface area contributed by atoms with E-state index in [9.17, 15) is 13.2 Å². The van der Waals surface area contributed by atoms with Crippen LogP contribution in [-0.2, 0) is 10.0 Å². The van der Waals surface area contributed by atoms with Crippen molar-refractivity contribution in [2.75, 3.05) is 11.9 Å². The fraction of sp³-hybridized carbons (Fsp3) is 0.211. The predicted octanol–water partition coefficient (Wildman–Crippen LogP) is 2.84. The van der Waals surface area contributed by atoms with Crippen LogP contribution in [0.5, 0.6) is 5.75 Å². The van der Waals surface area contributed by atoms with Gasteiger partial charge in [0.25, 0.3) is 15.9 Å². The normalized spacial score (nSPS) is 12.3. The summed E-state index contributed by atoms with van der Waals surface area (Å²) in [6.45, 7) is 3.75. The van der Waals surface area contributed by atoms with Gasteiger partial charge in [-0.05, 0) is 38.1 Å². The summed E-state index contributed by atoms with van der Waals surface area (Å²) in [5, 5.41) is 10.1. The number of benzene rings is 2.